The molecule has 1 saturated heterocycles. The van der Waals surface area contributed by atoms with E-state index < -0.39 is 0 Å². The Morgan fingerprint density at radius 2 is 1.71 bits per heavy atom. The van der Waals surface area contributed by atoms with Gasteiger partial charge in [-0.25, -0.2) is 0 Å². The van der Waals surface area contributed by atoms with Crippen molar-refractivity contribution in [2.24, 2.45) is 0 Å². The van der Waals surface area contributed by atoms with Crippen molar-refractivity contribution >= 4 is 23.6 Å². The largest absolute Gasteiger partial charge is 0.378 e. The van der Waals surface area contributed by atoms with E-state index in [-0.39, 0.29) is 17.1 Å². The summed E-state index contributed by atoms with van der Waals surface area (Å²) in [7, 11) is 0. The van der Waals surface area contributed by atoms with E-state index >= 15 is 0 Å². The fourth-order valence-corrected chi connectivity index (χ4v) is 3.81. The molecule has 5 nitrogen and oxygen atoms in total. The third-order valence-corrected chi connectivity index (χ3v) is 5.78. The summed E-state index contributed by atoms with van der Waals surface area (Å²) in [5.74, 6) is 0.0288. The Morgan fingerprint density at radius 1 is 1.07 bits per heavy atom. The Kier molecular flexibility index (Phi) is 7.12. The first kappa shape index (κ1) is 20.4. The van der Waals surface area contributed by atoms with Crippen LogP contribution in [0.4, 0.5) is 0 Å². The summed E-state index contributed by atoms with van der Waals surface area (Å²) in [5.41, 5.74) is 2.84. The second-order valence-electron chi connectivity index (χ2n) is 6.89. The molecule has 6 heteroatoms. The number of carbonyl (C=O) groups is 2. The van der Waals surface area contributed by atoms with Gasteiger partial charge in [0.15, 0.2) is 0 Å². The lowest BCUT2D eigenvalue weighted by Crippen LogP contribution is -2.40. The Bertz CT molecular complexity index is 800. The topological polar surface area (TPSA) is 58.6 Å². The van der Waals surface area contributed by atoms with E-state index in [0.29, 0.717) is 38.4 Å². The molecule has 0 radical (unpaired) electrons. The lowest BCUT2D eigenvalue weighted by Gasteiger charge is -2.26. The molecule has 1 heterocycles. The second kappa shape index (κ2) is 9.75. The molecular formula is C22H26N2O3S. The van der Waals surface area contributed by atoms with Gasteiger partial charge in [0, 0.05) is 30.1 Å². The number of rotatable bonds is 6. The molecule has 0 saturated carbocycles. The van der Waals surface area contributed by atoms with Crippen LogP contribution < -0.4 is 5.32 Å². The van der Waals surface area contributed by atoms with E-state index in [9.17, 15) is 9.59 Å². The number of morpholine rings is 1. The summed E-state index contributed by atoms with van der Waals surface area (Å²) in [5, 5.41) is 2.79. The molecule has 1 N–H and O–H groups in total. The normalized spacial score (nSPS) is 15.1. The molecule has 1 atom stereocenters. The molecule has 0 spiro atoms. The van der Waals surface area contributed by atoms with Crippen molar-refractivity contribution in [3.8, 4) is 0 Å². The third-order valence-electron chi connectivity index (χ3n) is 4.67. The Labute approximate surface area is 170 Å². The number of hydrogen-bond donors (Lipinski definition) is 1. The summed E-state index contributed by atoms with van der Waals surface area (Å²) >= 11 is 1.55. The summed E-state index contributed by atoms with van der Waals surface area (Å²) in [6.07, 6.45) is 0. The van der Waals surface area contributed by atoms with Gasteiger partial charge in [-0.3, -0.25) is 9.59 Å². The molecule has 2 aromatic rings. The lowest BCUT2D eigenvalue weighted by molar-refractivity contribution is -0.120. The standard InChI is InChI=1S/C22H26N2O3S/c1-16-3-9-20(10-4-16)28-17(2)21(25)23-15-18-5-7-19(8-6-18)22(26)24-11-13-27-14-12-24/h3-10,17H,11-15H2,1-2H3,(H,23,25)/t17-/m0/s1. The molecule has 1 aliphatic heterocycles. The molecule has 0 unspecified atom stereocenters. The average molecular weight is 399 g/mol. The van der Waals surface area contributed by atoms with Crippen LogP contribution in [0.1, 0.15) is 28.4 Å². The first-order chi connectivity index (χ1) is 13.5. The Morgan fingerprint density at radius 3 is 2.36 bits per heavy atom. The fourth-order valence-electron chi connectivity index (χ4n) is 2.92. The van der Waals surface area contributed by atoms with Crippen LogP contribution in [0, 0.1) is 6.92 Å². The highest BCUT2D eigenvalue weighted by molar-refractivity contribution is 8.00. The van der Waals surface area contributed by atoms with Gasteiger partial charge in [0.2, 0.25) is 5.91 Å². The van der Waals surface area contributed by atoms with Gasteiger partial charge in [-0.15, -0.1) is 11.8 Å². The maximum Gasteiger partial charge on any atom is 0.254 e. The van der Waals surface area contributed by atoms with E-state index in [1.165, 1.54) is 5.56 Å². The Hall–Kier alpha value is -2.31. The summed E-state index contributed by atoms with van der Waals surface area (Å²) in [6.45, 7) is 6.85. The first-order valence-corrected chi connectivity index (χ1v) is 10.4. The van der Waals surface area contributed by atoms with Gasteiger partial charge in [-0.2, -0.15) is 0 Å². The number of aryl methyl sites for hydroxylation is 1. The van der Waals surface area contributed by atoms with Crippen LogP contribution in [0.3, 0.4) is 0 Å². The number of benzene rings is 2. The summed E-state index contributed by atoms with van der Waals surface area (Å²) in [6, 6.07) is 15.6. The summed E-state index contributed by atoms with van der Waals surface area (Å²) < 4.78 is 5.29. The fraction of sp³-hybridized carbons (Fsp3) is 0.364. The third kappa shape index (κ3) is 5.59. The minimum absolute atomic E-state index is 0.000885. The number of amides is 2. The van der Waals surface area contributed by atoms with Crippen LogP contribution in [0.5, 0.6) is 0 Å². The van der Waals surface area contributed by atoms with Crippen molar-refractivity contribution in [2.45, 2.75) is 30.5 Å². The Balaban J connectivity index is 1.49. The molecule has 2 amide bonds. The molecule has 0 aromatic heterocycles. The van der Waals surface area contributed by atoms with Gasteiger partial charge in [-0.05, 0) is 43.7 Å². The predicted molar refractivity (Wildman–Crippen MR) is 112 cm³/mol. The average Bonchev–Trinajstić information content (AvgIpc) is 2.74. The zero-order valence-corrected chi connectivity index (χ0v) is 17.1. The van der Waals surface area contributed by atoms with E-state index in [0.717, 1.165) is 10.5 Å². The van der Waals surface area contributed by atoms with Crippen LogP contribution in [0.2, 0.25) is 0 Å². The van der Waals surface area contributed by atoms with Gasteiger partial charge >= 0.3 is 0 Å². The number of thioether (sulfide) groups is 1. The van der Waals surface area contributed by atoms with Gasteiger partial charge in [-0.1, -0.05) is 29.8 Å². The highest BCUT2D eigenvalue weighted by Crippen LogP contribution is 2.23. The molecule has 0 bridgehead atoms. The highest BCUT2D eigenvalue weighted by atomic mass is 32.2. The molecule has 0 aliphatic carbocycles. The smallest absolute Gasteiger partial charge is 0.254 e. The second-order valence-corrected chi connectivity index (χ2v) is 8.31. The van der Waals surface area contributed by atoms with E-state index in [1.54, 1.807) is 11.8 Å². The number of carbonyl (C=O) groups excluding carboxylic acids is 2. The first-order valence-electron chi connectivity index (χ1n) is 9.50. The predicted octanol–water partition coefficient (Wildman–Crippen LogP) is 3.26. The molecule has 1 fully saturated rings. The van der Waals surface area contributed by atoms with Crippen molar-refractivity contribution in [3.63, 3.8) is 0 Å². The van der Waals surface area contributed by atoms with Crippen LogP contribution in [0.25, 0.3) is 0 Å². The number of ether oxygens (including phenoxy) is 1. The molecule has 28 heavy (non-hydrogen) atoms. The van der Waals surface area contributed by atoms with Crippen molar-refractivity contribution in [3.05, 3.63) is 65.2 Å². The van der Waals surface area contributed by atoms with Gasteiger partial charge < -0.3 is 15.0 Å². The van der Waals surface area contributed by atoms with E-state index in [1.807, 2.05) is 67.3 Å². The van der Waals surface area contributed by atoms with Crippen LogP contribution >= 0.6 is 11.8 Å². The van der Waals surface area contributed by atoms with Crippen LogP contribution in [-0.2, 0) is 16.1 Å². The van der Waals surface area contributed by atoms with Gasteiger partial charge in [0.25, 0.3) is 5.91 Å². The maximum atomic E-state index is 12.5. The molecule has 3 rings (SSSR count). The number of hydrogen-bond acceptors (Lipinski definition) is 4. The van der Waals surface area contributed by atoms with Gasteiger partial charge in [0.05, 0.1) is 18.5 Å². The number of nitrogens with one attached hydrogen (secondary N) is 1. The zero-order chi connectivity index (χ0) is 19.9. The van der Waals surface area contributed by atoms with Crippen molar-refractivity contribution in [1.29, 1.82) is 0 Å². The molecule has 2 aromatic carbocycles. The maximum absolute atomic E-state index is 12.5. The number of nitrogens with zero attached hydrogens (tertiary/aromatic N) is 1. The molecule has 148 valence electrons. The van der Waals surface area contributed by atoms with E-state index in [4.69, 9.17) is 4.74 Å². The quantitative estimate of drug-likeness (QED) is 0.759. The monoisotopic (exact) mass is 398 g/mol. The highest BCUT2D eigenvalue weighted by Gasteiger charge is 2.18. The van der Waals surface area contributed by atoms with Crippen molar-refractivity contribution in [2.75, 3.05) is 26.3 Å². The van der Waals surface area contributed by atoms with E-state index in [2.05, 4.69) is 5.32 Å². The molecule has 1 aliphatic rings. The summed E-state index contributed by atoms with van der Waals surface area (Å²) in [4.78, 5) is 27.7. The lowest BCUT2D eigenvalue weighted by atomic mass is 10.1. The van der Waals surface area contributed by atoms with Gasteiger partial charge in [0.1, 0.15) is 0 Å². The van der Waals surface area contributed by atoms with Crippen LogP contribution in [-0.4, -0.2) is 48.3 Å². The molecular weight excluding hydrogens is 372 g/mol. The SMILES string of the molecule is Cc1ccc(S[C@@H](C)C(=O)NCc2ccc(C(=O)N3CCOCC3)cc2)cc1. The minimum atomic E-state index is -0.176. The zero-order valence-electron chi connectivity index (χ0n) is 16.3. The van der Waals surface area contributed by atoms with Crippen LogP contribution in [0.15, 0.2) is 53.4 Å². The minimum Gasteiger partial charge on any atom is -0.378 e. The van der Waals surface area contributed by atoms with Crippen molar-refractivity contribution < 1.29 is 14.3 Å². The van der Waals surface area contributed by atoms with Crippen molar-refractivity contribution in [1.82, 2.24) is 10.2 Å².